The van der Waals surface area contributed by atoms with Gasteiger partial charge in [0.2, 0.25) is 5.91 Å². The van der Waals surface area contributed by atoms with E-state index < -0.39 is 10.0 Å². The predicted octanol–water partition coefficient (Wildman–Crippen LogP) is 1.96. The normalized spacial score (nSPS) is 11.3. The van der Waals surface area contributed by atoms with Gasteiger partial charge >= 0.3 is 0 Å². The molecule has 2 aromatic rings. The maximum absolute atomic E-state index is 12.0. The van der Waals surface area contributed by atoms with Crippen LogP contribution in [0.25, 0.3) is 0 Å². The fourth-order valence-corrected chi connectivity index (χ4v) is 2.47. The van der Waals surface area contributed by atoms with Crippen LogP contribution in [0.4, 0.5) is 5.69 Å². The van der Waals surface area contributed by atoms with Crippen LogP contribution < -0.4 is 10.1 Å². The van der Waals surface area contributed by atoms with Gasteiger partial charge in [0.25, 0.3) is 10.0 Å². The van der Waals surface area contributed by atoms with E-state index in [9.17, 15) is 13.2 Å². The molecule has 0 atom stereocenters. The van der Waals surface area contributed by atoms with Gasteiger partial charge in [-0.05, 0) is 29.8 Å². The minimum Gasteiger partial charge on any atom is -0.326 e. The zero-order chi connectivity index (χ0) is 16.0. The van der Waals surface area contributed by atoms with Gasteiger partial charge in [0.05, 0.1) is 11.1 Å². The molecule has 1 amide bonds. The Bertz CT molecular complexity index is 769. The highest BCUT2D eigenvalue weighted by Crippen LogP contribution is 2.13. The third-order valence-electron chi connectivity index (χ3n) is 2.67. The molecule has 2 rings (SSSR count). The molecule has 0 bridgehead atoms. The second-order valence-electron chi connectivity index (χ2n) is 4.47. The van der Waals surface area contributed by atoms with E-state index in [1.54, 1.807) is 12.1 Å². The minimum atomic E-state index is -3.74. The van der Waals surface area contributed by atoms with Crippen molar-refractivity contribution in [1.82, 2.24) is 4.83 Å². The second kappa shape index (κ2) is 6.86. The van der Waals surface area contributed by atoms with E-state index in [0.717, 1.165) is 5.56 Å². The molecule has 0 aliphatic carbocycles. The number of carbonyl (C=O) groups is 1. The lowest BCUT2D eigenvalue weighted by Crippen LogP contribution is -2.18. The lowest BCUT2D eigenvalue weighted by Gasteiger charge is -2.05. The van der Waals surface area contributed by atoms with Gasteiger partial charge in [-0.1, -0.05) is 30.3 Å². The van der Waals surface area contributed by atoms with Crippen LogP contribution in [0.1, 0.15) is 12.5 Å². The van der Waals surface area contributed by atoms with Crippen molar-refractivity contribution in [3.8, 4) is 0 Å². The first-order chi connectivity index (χ1) is 10.5. The number of nitrogens with zero attached hydrogens (tertiary/aromatic N) is 1. The highest BCUT2D eigenvalue weighted by Gasteiger charge is 2.12. The van der Waals surface area contributed by atoms with Crippen LogP contribution in [0.3, 0.4) is 0 Å². The Hall–Kier alpha value is -2.67. The number of hydrogen-bond donors (Lipinski definition) is 2. The van der Waals surface area contributed by atoms with Crippen LogP contribution in [-0.4, -0.2) is 20.5 Å². The van der Waals surface area contributed by atoms with Gasteiger partial charge in [-0.15, -0.1) is 0 Å². The summed E-state index contributed by atoms with van der Waals surface area (Å²) in [4.78, 5) is 13.1. The van der Waals surface area contributed by atoms with Crippen molar-refractivity contribution in [2.75, 3.05) is 5.32 Å². The van der Waals surface area contributed by atoms with Crippen LogP contribution in [0, 0.1) is 0 Å². The summed E-state index contributed by atoms with van der Waals surface area (Å²) in [6.45, 7) is 1.38. The Morgan fingerprint density at radius 2 is 1.68 bits per heavy atom. The number of hydrazone groups is 1. The van der Waals surface area contributed by atoms with E-state index in [1.807, 2.05) is 18.2 Å². The third kappa shape index (κ3) is 4.42. The lowest BCUT2D eigenvalue weighted by atomic mass is 10.2. The Kier molecular flexibility index (Phi) is 4.90. The fraction of sp³-hybridized carbons (Fsp3) is 0.0667. The molecule has 0 radical (unpaired) electrons. The summed E-state index contributed by atoms with van der Waals surface area (Å²) >= 11 is 0. The number of sulfonamides is 1. The molecule has 0 aliphatic heterocycles. The molecule has 22 heavy (non-hydrogen) atoms. The monoisotopic (exact) mass is 317 g/mol. The van der Waals surface area contributed by atoms with Crippen molar-refractivity contribution in [3.63, 3.8) is 0 Å². The van der Waals surface area contributed by atoms with Gasteiger partial charge < -0.3 is 5.32 Å². The maximum atomic E-state index is 12.0. The summed E-state index contributed by atoms with van der Waals surface area (Å²) in [5.41, 5.74) is 1.31. The zero-order valence-corrected chi connectivity index (χ0v) is 12.7. The van der Waals surface area contributed by atoms with Crippen LogP contribution in [0.15, 0.2) is 64.6 Å². The number of carbonyl (C=O) groups excluding carboxylic acids is 1. The highest BCUT2D eigenvalue weighted by atomic mass is 32.2. The number of hydrogen-bond acceptors (Lipinski definition) is 4. The van der Waals surface area contributed by atoms with Crippen molar-refractivity contribution in [2.45, 2.75) is 11.8 Å². The summed E-state index contributed by atoms with van der Waals surface area (Å²) in [6.07, 6.45) is 1.42. The Morgan fingerprint density at radius 3 is 2.27 bits per heavy atom. The van der Waals surface area contributed by atoms with Crippen molar-refractivity contribution < 1.29 is 13.2 Å². The first-order valence-corrected chi connectivity index (χ1v) is 7.93. The van der Waals surface area contributed by atoms with E-state index >= 15 is 0 Å². The topological polar surface area (TPSA) is 87.6 Å². The van der Waals surface area contributed by atoms with E-state index in [2.05, 4.69) is 15.2 Å². The lowest BCUT2D eigenvalue weighted by molar-refractivity contribution is -0.114. The molecule has 2 N–H and O–H groups in total. The molecular weight excluding hydrogens is 302 g/mol. The average molecular weight is 317 g/mol. The SMILES string of the molecule is CC(=O)Nc1ccc(S(=O)(=O)N/N=C\c2ccccc2)cc1. The molecule has 0 fully saturated rings. The molecule has 2 aromatic carbocycles. The molecule has 0 spiro atoms. The first kappa shape index (κ1) is 15.7. The van der Waals surface area contributed by atoms with Gasteiger partial charge in [-0.2, -0.15) is 13.5 Å². The minimum absolute atomic E-state index is 0.0619. The maximum Gasteiger partial charge on any atom is 0.276 e. The molecular formula is C15H15N3O3S. The Morgan fingerprint density at radius 1 is 1.05 bits per heavy atom. The molecule has 0 aliphatic rings. The molecule has 0 heterocycles. The summed E-state index contributed by atoms with van der Waals surface area (Å²) in [5.74, 6) is -0.221. The molecule has 0 unspecified atom stereocenters. The van der Waals surface area contributed by atoms with Crippen molar-refractivity contribution in [2.24, 2.45) is 5.10 Å². The third-order valence-corrected chi connectivity index (χ3v) is 3.91. The van der Waals surface area contributed by atoms with Gasteiger partial charge in [0, 0.05) is 12.6 Å². The molecule has 114 valence electrons. The van der Waals surface area contributed by atoms with Crippen molar-refractivity contribution in [1.29, 1.82) is 0 Å². The second-order valence-corrected chi connectivity index (χ2v) is 6.13. The van der Waals surface area contributed by atoms with E-state index in [0.29, 0.717) is 5.69 Å². The van der Waals surface area contributed by atoms with E-state index in [4.69, 9.17) is 0 Å². The Balaban J connectivity index is 2.07. The molecule has 7 heteroatoms. The smallest absolute Gasteiger partial charge is 0.276 e. The van der Waals surface area contributed by atoms with Crippen molar-refractivity contribution >= 4 is 27.8 Å². The van der Waals surface area contributed by atoms with Gasteiger partial charge in [-0.3, -0.25) is 4.79 Å². The van der Waals surface area contributed by atoms with Crippen molar-refractivity contribution in [3.05, 3.63) is 60.2 Å². The van der Waals surface area contributed by atoms with E-state index in [1.165, 1.54) is 37.4 Å². The fourth-order valence-electron chi connectivity index (χ4n) is 1.68. The quantitative estimate of drug-likeness (QED) is 0.652. The summed E-state index contributed by atoms with van der Waals surface area (Å²) < 4.78 is 24.1. The number of rotatable bonds is 5. The van der Waals surface area contributed by atoms with Crippen LogP contribution >= 0.6 is 0 Å². The Labute approximate surface area is 128 Å². The number of benzene rings is 2. The summed E-state index contributed by atoms with van der Waals surface area (Å²) in [5, 5.41) is 6.29. The molecule has 6 nitrogen and oxygen atoms in total. The standard InChI is InChI=1S/C15H15N3O3S/c1-12(19)17-14-7-9-15(10-8-14)22(20,21)18-16-11-13-5-3-2-4-6-13/h2-11,18H,1H3,(H,17,19)/b16-11-. The van der Waals surface area contributed by atoms with Crippen LogP contribution in [0.2, 0.25) is 0 Å². The molecule has 0 saturated carbocycles. The van der Waals surface area contributed by atoms with Gasteiger partial charge in [0.15, 0.2) is 0 Å². The highest BCUT2D eigenvalue weighted by molar-refractivity contribution is 7.89. The summed E-state index contributed by atoms with van der Waals surface area (Å²) in [7, 11) is -3.74. The summed E-state index contributed by atoms with van der Waals surface area (Å²) in [6, 6.07) is 14.9. The van der Waals surface area contributed by atoms with E-state index in [-0.39, 0.29) is 10.8 Å². The first-order valence-electron chi connectivity index (χ1n) is 6.45. The van der Waals surface area contributed by atoms with Gasteiger partial charge in [-0.25, -0.2) is 4.83 Å². The average Bonchev–Trinajstić information content (AvgIpc) is 2.48. The largest absolute Gasteiger partial charge is 0.326 e. The predicted molar refractivity (Wildman–Crippen MR) is 85.1 cm³/mol. The van der Waals surface area contributed by atoms with Crippen LogP contribution in [0.5, 0.6) is 0 Å². The zero-order valence-electron chi connectivity index (χ0n) is 11.9. The number of anilines is 1. The molecule has 0 saturated heterocycles. The van der Waals surface area contributed by atoms with Crippen LogP contribution in [-0.2, 0) is 14.8 Å². The number of amides is 1. The molecule has 0 aromatic heterocycles. The van der Waals surface area contributed by atoms with Gasteiger partial charge in [0.1, 0.15) is 0 Å². The number of nitrogens with one attached hydrogen (secondary N) is 2.